The molecule has 0 aliphatic heterocycles. The van der Waals surface area contributed by atoms with Gasteiger partial charge in [-0.25, -0.2) is 8.42 Å². The third-order valence-electron chi connectivity index (χ3n) is 3.13. The highest BCUT2D eigenvalue weighted by Crippen LogP contribution is 2.24. The summed E-state index contributed by atoms with van der Waals surface area (Å²) < 4.78 is 27.1. The van der Waals surface area contributed by atoms with E-state index >= 15 is 0 Å². The molecule has 1 N–H and O–H groups in total. The van der Waals surface area contributed by atoms with Gasteiger partial charge in [-0.05, 0) is 47.4 Å². The molecule has 0 aliphatic rings. The zero-order chi connectivity index (χ0) is 15.7. The lowest BCUT2D eigenvalue weighted by Crippen LogP contribution is -2.14. The molecule has 0 unspecified atom stereocenters. The number of anilines is 1. The van der Waals surface area contributed by atoms with Crippen molar-refractivity contribution in [3.63, 3.8) is 0 Å². The Morgan fingerprint density at radius 3 is 1.90 bits per heavy atom. The Hall–Kier alpha value is -1.52. The van der Waals surface area contributed by atoms with Gasteiger partial charge in [0.05, 0.1) is 4.90 Å². The standard InChI is InChI=1S/C16H18ClNO2S/c1-16(2,3)12-4-10-15(11-5-12)21(19,20)18-14-8-6-13(17)7-9-14/h4-11,18H,1-3H3. The molecule has 0 fully saturated rings. The molecule has 5 heteroatoms. The van der Waals surface area contributed by atoms with Gasteiger partial charge in [-0.15, -0.1) is 0 Å². The molecule has 3 nitrogen and oxygen atoms in total. The fourth-order valence-electron chi connectivity index (χ4n) is 1.87. The van der Waals surface area contributed by atoms with E-state index in [9.17, 15) is 8.42 Å². The van der Waals surface area contributed by atoms with E-state index in [0.29, 0.717) is 10.7 Å². The first kappa shape index (κ1) is 15.9. The third-order valence-corrected chi connectivity index (χ3v) is 4.78. The minimum Gasteiger partial charge on any atom is -0.280 e. The summed E-state index contributed by atoms with van der Waals surface area (Å²) in [5.41, 5.74) is 1.57. The normalized spacial score (nSPS) is 12.2. The Kier molecular flexibility index (Phi) is 4.30. The number of hydrogen-bond acceptors (Lipinski definition) is 2. The van der Waals surface area contributed by atoms with Gasteiger partial charge in [0, 0.05) is 10.7 Å². The van der Waals surface area contributed by atoms with Crippen molar-refractivity contribution in [3.05, 3.63) is 59.1 Å². The lowest BCUT2D eigenvalue weighted by atomic mass is 9.87. The SMILES string of the molecule is CC(C)(C)c1ccc(S(=O)(=O)Nc2ccc(Cl)cc2)cc1. The van der Waals surface area contributed by atoms with Crippen LogP contribution in [0.1, 0.15) is 26.3 Å². The summed E-state index contributed by atoms with van der Waals surface area (Å²) in [5.74, 6) is 0. The number of nitrogens with one attached hydrogen (secondary N) is 1. The van der Waals surface area contributed by atoms with Crippen molar-refractivity contribution in [1.82, 2.24) is 0 Å². The Morgan fingerprint density at radius 2 is 1.43 bits per heavy atom. The topological polar surface area (TPSA) is 46.2 Å². The molecule has 0 saturated carbocycles. The molecule has 112 valence electrons. The third kappa shape index (κ3) is 3.99. The molecular weight excluding hydrogens is 306 g/mol. The van der Waals surface area contributed by atoms with Gasteiger partial charge < -0.3 is 0 Å². The molecule has 0 aliphatic carbocycles. The largest absolute Gasteiger partial charge is 0.280 e. The molecule has 0 radical (unpaired) electrons. The number of rotatable bonds is 3. The molecule has 0 amide bonds. The molecule has 2 rings (SSSR count). The number of sulfonamides is 1. The van der Waals surface area contributed by atoms with E-state index in [-0.39, 0.29) is 10.3 Å². The summed E-state index contributed by atoms with van der Waals surface area (Å²) in [6, 6.07) is 13.5. The van der Waals surface area contributed by atoms with Gasteiger partial charge in [-0.2, -0.15) is 0 Å². The van der Waals surface area contributed by atoms with E-state index in [1.165, 1.54) is 0 Å². The second kappa shape index (κ2) is 5.70. The lowest BCUT2D eigenvalue weighted by Gasteiger charge is -2.19. The van der Waals surface area contributed by atoms with E-state index in [1.807, 2.05) is 12.1 Å². The van der Waals surface area contributed by atoms with Crippen molar-refractivity contribution in [3.8, 4) is 0 Å². The van der Waals surface area contributed by atoms with Gasteiger partial charge in [0.2, 0.25) is 0 Å². The van der Waals surface area contributed by atoms with Gasteiger partial charge in [0.25, 0.3) is 10.0 Å². The van der Waals surface area contributed by atoms with Crippen molar-refractivity contribution in [1.29, 1.82) is 0 Å². The first-order valence-corrected chi connectivity index (χ1v) is 8.43. The molecule has 0 aromatic heterocycles. The highest BCUT2D eigenvalue weighted by molar-refractivity contribution is 7.92. The quantitative estimate of drug-likeness (QED) is 0.907. The summed E-state index contributed by atoms with van der Waals surface area (Å²) in [5, 5.41) is 0.562. The highest BCUT2D eigenvalue weighted by atomic mass is 35.5. The smallest absolute Gasteiger partial charge is 0.261 e. The van der Waals surface area contributed by atoms with E-state index in [1.54, 1.807) is 36.4 Å². The van der Waals surface area contributed by atoms with Crippen LogP contribution in [-0.4, -0.2) is 8.42 Å². The van der Waals surface area contributed by atoms with Crippen LogP contribution in [0.4, 0.5) is 5.69 Å². The Morgan fingerprint density at radius 1 is 0.905 bits per heavy atom. The number of halogens is 1. The minimum absolute atomic E-state index is 0.00804. The van der Waals surface area contributed by atoms with Crippen LogP contribution >= 0.6 is 11.6 Å². The van der Waals surface area contributed by atoms with Crippen molar-refractivity contribution in [2.45, 2.75) is 31.1 Å². The van der Waals surface area contributed by atoms with Gasteiger partial charge >= 0.3 is 0 Å². The Bertz CT molecular complexity index is 714. The second-order valence-corrected chi connectivity index (χ2v) is 8.01. The van der Waals surface area contributed by atoms with Gasteiger partial charge in [-0.1, -0.05) is 44.5 Å². The monoisotopic (exact) mass is 323 g/mol. The summed E-state index contributed by atoms with van der Waals surface area (Å²) >= 11 is 5.78. The summed E-state index contributed by atoms with van der Waals surface area (Å²) in [7, 11) is -3.58. The second-order valence-electron chi connectivity index (χ2n) is 5.89. The first-order chi connectivity index (χ1) is 9.68. The van der Waals surface area contributed by atoms with E-state index in [4.69, 9.17) is 11.6 Å². The van der Waals surface area contributed by atoms with Crippen LogP contribution < -0.4 is 4.72 Å². The highest BCUT2D eigenvalue weighted by Gasteiger charge is 2.17. The molecular formula is C16H18ClNO2S. The van der Waals surface area contributed by atoms with Crippen LogP contribution in [0.5, 0.6) is 0 Å². The molecule has 21 heavy (non-hydrogen) atoms. The number of hydrogen-bond donors (Lipinski definition) is 1. The minimum atomic E-state index is -3.58. The Labute approximate surface area is 131 Å². The molecule has 2 aromatic rings. The maximum atomic E-state index is 12.3. The van der Waals surface area contributed by atoms with Gasteiger partial charge in [-0.3, -0.25) is 4.72 Å². The molecule has 0 saturated heterocycles. The molecule has 0 spiro atoms. The van der Waals surface area contributed by atoms with E-state index in [2.05, 4.69) is 25.5 Å². The van der Waals surface area contributed by atoms with E-state index in [0.717, 1.165) is 5.56 Å². The summed E-state index contributed by atoms with van der Waals surface area (Å²) in [6.45, 7) is 6.26. The van der Waals surface area contributed by atoms with Crippen LogP contribution in [0.15, 0.2) is 53.4 Å². The Balaban J connectivity index is 2.25. The molecule has 0 bridgehead atoms. The molecule has 0 atom stereocenters. The van der Waals surface area contributed by atoms with Crippen molar-refractivity contribution in [2.75, 3.05) is 4.72 Å². The predicted molar refractivity (Wildman–Crippen MR) is 87.4 cm³/mol. The number of benzene rings is 2. The summed E-state index contributed by atoms with van der Waals surface area (Å²) in [6.07, 6.45) is 0. The fourth-order valence-corrected chi connectivity index (χ4v) is 3.05. The zero-order valence-electron chi connectivity index (χ0n) is 12.2. The summed E-state index contributed by atoms with van der Waals surface area (Å²) in [4.78, 5) is 0.241. The van der Waals surface area contributed by atoms with Gasteiger partial charge in [0.15, 0.2) is 0 Å². The molecule has 2 aromatic carbocycles. The van der Waals surface area contributed by atoms with Crippen LogP contribution in [0.25, 0.3) is 0 Å². The van der Waals surface area contributed by atoms with Gasteiger partial charge in [0.1, 0.15) is 0 Å². The van der Waals surface area contributed by atoms with Crippen LogP contribution in [0, 0.1) is 0 Å². The van der Waals surface area contributed by atoms with Crippen molar-refractivity contribution >= 4 is 27.3 Å². The zero-order valence-corrected chi connectivity index (χ0v) is 13.8. The van der Waals surface area contributed by atoms with Crippen molar-refractivity contribution in [2.24, 2.45) is 0 Å². The van der Waals surface area contributed by atoms with Crippen LogP contribution in [-0.2, 0) is 15.4 Å². The maximum Gasteiger partial charge on any atom is 0.261 e. The fraction of sp³-hybridized carbons (Fsp3) is 0.250. The predicted octanol–water partition coefficient (Wildman–Crippen LogP) is 4.44. The average molecular weight is 324 g/mol. The van der Waals surface area contributed by atoms with E-state index < -0.39 is 10.0 Å². The van der Waals surface area contributed by atoms with Crippen LogP contribution in [0.2, 0.25) is 5.02 Å². The maximum absolute atomic E-state index is 12.3. The first-order valence-electron chi connectivity index (χ1n) is 6.57. The van der Waals surface area contributed by atoms with Crippen LogP contribution in [0.3, 0.4) is 0 Å². The average Bonchev–Trinajstić information content (AvgIpc) is 2.40. The molecule has 0 heterocycles. The lowest BCUT2D eigenvalue weighted by molar-refractivity contribution is 0.587. The van der Waals surface area contributed by atoms with Crippen molar-refractivity contribution < 1.29 is 8.42 Å².